The van der Waals surface area contributed by atoms with Crippen molar-refractivity contribution in [1.29, 1.82) is 0 Å². The van der Waals surface area contributed by atoms with Crippen molar-refractivity contribution in [3.8, 4) is 0 Å². The lowest BCUT2D eigenvalue weighted by atomic mass is 10.1. The minimum absolute atomic E-state index is 0. The topological polar surface area (TPSA) is 56.7 Å². The number of likely N-dealkylation sites (N-methyl/N-ethyl adjacent to an activating group) is 1. The summed E-state index contributed by atoms with van der Waals surface area (Å²) >= 11 is 0. The van der Waals surface area contributed by atoms with E-state index in [0.717, 1.165) is 13.0 Å². The minimum atomic E-state index is -0.0117. The molecule has 1 rings (SSSR count). The summed E-state index contributed by atoms with van der Waals surface area (Å²) < 4.78 is 0. The number of carbonyl (C=O) groups is 1. The summed E-state index contributed by atoms with van der Waals surface area (Å²) in [6.45, 7) is 7.44. The number of amides is 1. The average molecular weight is 446 g/mol. The molecule has 0 fully saturated rings. The second-order valence-electron chi connectivity index (χ2n) is 6.34. The lowest BCUT2D eigenvalue weighted by Gasteiger charge is -2.19. The van der Waals surface area contributed by atoms with Crippen molar-refractivity contribution in [3.05, 3.63) is 35.9 Å². The van der Waals surface area contributed by atoms with Crippen LogP contribution in [-0.2, 0) is 4.79 Å². The number of benzene rings is 1. The molecule has 0 saturated heterocycles. The number of hydrogen-bond donors (Lipinski definition) is 2. The number of halogens is 1. The van der Waals surface area contributed by atoms with Crippen molar-refractivity contribution >= 4 is 35.8 Å². The van der Waals surface area contributed by atoms with E-state index in [4.69, 9.17) is 0 Å². The summed E-state index contributed by atoms with van der Waals surface area (Å²) in [5.74, 6) is 1.29. The second kappa shape index (κ2) is 12.1. The van der Waals surface area contributed by atoms with Crippen LogP contribution in [0.2, 0.25) is 0 Å². The van der Waals surface area contributed by atoms with Gasteiger partial charge in [0.05, 0.1) is 6.04 Å². The second-order valence-corrected chi connectivity index (χ2v) is 6.34. The van der Waals surface area contributed by atoms with Crippen LogP contribution in [-0.4, -0.2) is 44.0 Å². The van der Waals surface area contributed by atoms with Crippen LogP contribution in [0.1, 0.15) is 38.8 Å². The molecule has 5 nitrogen and oxygen atoms in total. The maximum Gasteiger partial charge on any atom is 0.243 e. The van der Waals surface area contributed by atoms with Crippen LogP contribution >= 0.6 is 24.0 Å². The predicted molar refractivity (Wildman–Crippen MR) is 112 cm³/mol. The Balaban J connectivity index is 0.00000529. The molecule has 0 aliphatic rings. The zero-order chi connectivity index (χ0) is 17.2. The van der Waals surface area contributed by atoms with E-state index in [1.807, 2.05) is 18.2 Å². The van der Waals surface area contributed by atoms with Gasteiger partial charge < -0.3 is 15.5 Å². The summed E-state index contributed by atoms with van der Waals surface area (Å²) in [5.41, 5.74) is 1.18. The van der Waals surface area contributed by atoms with Crippen molar-refractivity contribution in [2.24, 2.45) is 10.9 Å². The van der Waals surface area contributed by atoms with E-state index < -0.39 is 0 Å². The highest BCUT2D eigenvalue weighted by Gasteiger charge is 2.09. The molecule has 1 atom stereocenters. The van der Waals surface area contributed by atoms with Crippen LogP contribution in [0, 0.1) is 5.92 Å². The fourth-order valence-electron chi connectivity index (χ4n) is 1.95. The van der Waals surface area contributed by atoms with Gasteiger partial charge in [-0.15, -0.1) is 24.0 Å². The van der Waals surface area contributed by atoms with Crippen molar-refractivity contribution in [1.82, 2.24) is 15.5 Å². The molecule has 1 amide bonds. The Kier molecular flexibility index (Phi) is 11.4. The third-order valence-electron chi connectivity index (χ3n) is 3.54. The summed E-state index contributed by atoms with van der Waals surface area (Å²) in [5, 5.41) is 6.68. The normalized spacial score (nSPS) is 12.3. The molecule has 0 saturated carbocycles. The quantitative estimate of drug-likeness (QED) is 0.385. The Morgan fingerprint density at radius 3 is 2.33 bits per heavy atom. The van der Waals surface area contributed by atoms with Gasteiger partial charge in [0.1, 0.15) is 6.54 Å². The molecule has 0 bridgehead atoms. The first-order valence-corrected chi connectivity index (χ1v) is 8.20. The Morgan fingerprint density at radius 2 is 1.79 bits per heavy atom. The van der Waals surface area contributed by atoms with E-state index in [2.05, 4.69) is 48.5 Å². The van der Waals surface area contributed by atoms with Crippen molar-refractivity contribution in [2.75, 3.05) is 27.2 Å². The van der Waals surface area contributed by atoms with Crippen molar-refractivity contribution < 1.29 is 4.79 Å². The number of hydrogen-bond acceptors (Lipinski definition) is 2. The van der Waals surface area contributed by atoms with E-state index in [1.54, 1.807) is 19.0 Å². The van der Waals surface area contributed by atoms with E-state index in [0.29, 0.717) is 11.9 Å². The molecule has 0 radical (unpaired) electrons. The zero-order valence-corrected chi connectivity index (χ0v) is 17.7. The lowest BCUT2D eigenvalue weighted by molar-refractivity contribution is -0.127. The first-order valence-electron chi connectivity index (χ1n) is 8.20. The van der Waals surface area contributed by atoms with Crippen molar-refractivity contribution in [3.63, 3.8) is 0 Å². The number of aliphatic imine (C=N–C) groups is 1. The van der Waals surface area contributed by atoms with Gasteiger partial charge in [0.25, 0.3) is 0 Å². The van der Waals surface area contributed by atoms with Crippen LogP contribution in [0.4, 0.5) is 0 Å². The number of nitrogens with zero attached hydrogens (tertiary/aromatic N) is 2. The summed E-state index contributed by atoms with van der Waals surface area (Å²) in [7, 11) is 3.48. The number of rotatable bonds is 7. The maximum atomic E-state index is 11.7. The van der Waals surface area contributed by atoms with E-state index >= 15 is 0 Å². The number of carbonyl (C=O) groups excluding carboxylic acids is 1. The van der Waals surface area contributed by atoms with Gasteiger partial charge >= 0.3 is 0 Å². The largest absolute Gasteiger partial charge is 0.356 e. The van der Waals surface area contributed by atoms with E-state index in [1.165, 1.54) is 5.56 Å². The SMILES string of the molecule is CC(C)CCNC(=NCC(=O)N(C)C)NC(C)c1ccccc1.I. The molecule has 1 unspecified atom stereocenters. The highest BCUT2D eigenvalue weighted by molar-refractivity contribution is 14.0. The molecule has 1 aromatic rings. The molecule has 136 valence electrons. The fraction of sp³-hybridized carbons (Fsp3) is 0.556. The Labute approximate surface area is 163 Å². The van der Waals surface area contributed by atoms with Gasteiger partial charge in [-0.05, 0) is 24.8 Å². The smallest absolute Gasteiger partial charge is 0.243 e. The maximum absolute atomic E-state index is 11.7. The van der Waals surface area contributed by atoms with Crippen LogP contribution in [0.5, 0.6) is 0 Å². The molecule has 0 aliphatic carbocycles. The molecule has 24 heavy (non-hydrogen) atoms. The first-order chi connectivity index (χ1) is 10.9. The monoisotopic (exact) mass is 446 g/mol. The van der Waals surface area contributed by atoms with Crippen LogP contribution in [0.3, 0.4) is 0 Å². The average Bonchev–Trinajstić information content (AvgIpc) is 2.52. The lowest BCUT2D eigenvalue weighted by Crippen LogP contribution is -2.40. The molecule has 0 aliphatic heterocycles. The Bertz CT molecular complexity index is 503. The van der Waals surface area contributed by atoms with Gasteiger partial charge in [-0.25, -0.2) is 4.99 Å². The van der Waals surface area contributed by atoms with E-state index in [-0.39, 0.29) is 42.5 Å². The standard InChI is InChI=1S/C18H30N4O.HI/c1-14(2)11-12-19-18(20-13-17(23)22(4)5)21-15(3)16-9-7-6-8-10-16;/h6-10,14-15H,11-13H2,1-5H3,(H2,19,20,21);1H. The molecule has 0 heterocycles. The number of nitrogens with one attached hydrogen (secondary N) is 2. The highest BCUT2D eigenvalue weighted by atomic mass is 127. The summed E-state index contributed by atoms with van der Waals surface area (Å²) in [4.78, 5) is 17.7. The van der Waals surface area contributed by atoms with Gasteiger partial charge in [-0.3, -0.25) is 4.79 Å². The minimum Gasteiger partial charge on any atom is -0.356 e. The first kappa shape index (κ1) is 22.7. The van der Waals surface area contributed by atoms with E-state index in [9.17, 15) is 4.79 Å². The molecular weight excluding hydrogens is 415 g/mol. The van der Waals surface area contributed by atoms with Crippen LogP contribution < -0.4 is 10.6 Å². The summed E-state index contributed by atoms with van der Waals surface area (Å²) in [6, 6.07) is 10.3. The Hall–Kier alpha value is -1.31. The van der Waals surface area contributed by atoms with Crippen molar-refractivity contribution in [2.45, 2.75) is 33.2 Å². The molecule has 0 spiro atoms. The van der Waals surface area contributed by atoms with Gasteiger partial charge in [-0.1, -0.05) is 44.2 Å². The number of guanidine groups is 1. The Morgan fingerprint density at radius 1 is 1.17 bits per heavy atom. The zero-order valence-electron chi connectivity index (χ0n) is 15.4. The fourth-order valence-corrected chi connectivity index (χ4v) is 1.95. The molecule has 2 N–H and O–H groups in total. The highest BCUT2D eigenvalue weighted by Crippen LogP contribution is 2.10. The predicted octanol–water partition coefficient (Wildman–Crippen LogP) is 3.04. The molecule has 0 aromatic heterocycles. The van der Waals surface area contributed by atoms with Gasteiger partial charge in [0, 0.05) is 20.6 Å². The third-order valence-corrected chi connectivity index (χ3v) is 3.54. The van der Waals surface area contributed by atoms with Gasteiger partial charge in [0.15, 0.2) is 5.96 Å². The molecule has 1 aromatic carbocycles. The van der Waals surface area contributed by atoms with Crippen LogP contribution in [0.25, 0.3) is 0 Å². The molecule has 6 heteroatoms. The van der Waals surface area contributed by atoms with Crippen LogP contribution in [0.15, 0.2) is 35.3 Å². The molecular formula is C18H31IN4O. The summed E-state index contributed by atoms with van der Waals surface area (Å²) in [6.07, 6.45) is 1.06. The third kappa shape index (κ3) is 9.10. The van der Waals surface area contributed by atoms with Gasteiger partial charge in [0.2, 0.25) is 5.91 Å². The van der Waals surface area contributed by atoms with Gasteiger partial charge in [-0.2, -0.15) is 0 Å².